The number of hydrogen-bond acceptors (Lipinski definition) is 4. The van der Waals surface area contributed by atoms with Gasteiger partial charge in [-0.05, 0) is 50.5 Å². The van der Waals surface area contributed by atoms with Crippen LogP contribution < -0.4 is 5.56 Å². The number of carbonyl (C=O) groups excluding carboxylic acids is 1. The van der Waals surface area contributed by atoms with Gasteiger partial charge >= 0.3 is 0 Å². The fraction of sp³-hybridized carbons (Fsp3) is 0.318. The number of thioether (sulfide) groups is 1. The standard InChI is InChI=1S/C22H22FN3O2S/c1-15(20(27)25-13-7-2-8-14-25)29-22-24-18-11-5-3-9-16(18)21(28)26(22)19-12-6-4-10-17(19)23/h3-6,9-12,15H,2,7-8,13-14H2,1H3/t15-/m1/s1. The van der Waals surface area contributed by atoms with E-state index >= 15 is 0 Å². The zero-order chi connectivity index (χ0) is 20.4. The van der Waals surface area contributed by atoms with E-state index in [1.165, 1.54) is 22.4 Å². The summed E-state index contributed by atoms with van der Waals surface area (Å²) in [4.78, 5) is 32.6. The van der Waals surface area contributed by atoms with Crippen molar-refractivity contribution in [1.29, 1.82) is 0 Å². The molecule has 0 N–H and O–H groups in total. The quantitative estimate of drug-likeness (QED) is 0.481. The molecule has 1 aliphatic rings. The second-order valence-electron chi connectivity index (χ2n) is 7.15. The highest BCUT2D eigenvalue weighted by Gasteiger charge is 2.25. The van der Waals surface area contributed by atoms with Crippen LogP contribution in [0.4, 0.5) is 4.39 Å². The van der Waals surface area contributed by atoms with Crippen LogP contribution in [0.1, 0.15) is 26.2 Å². The zero-order valence-corrected chi connectivity index (χ0v) is 17.0. The lowest BCUT2D eigenvalue weighted by Gasteiger charge is -2.29. The highest BCUT2D eigenvalue weighted by atomic mass is 32.2. The molecule has 1 atom stereocenters. The summed E-state index contributed by atoms with van der Waals surface area (Å²) in [6.07, 6.45) is 3.17. The minimum Gasteiger partial charge on any atom is -0.342 e. The number of likely N-dealkylation sites (tertiary alicyclic amines) is 1. The van der Waals surface area contributed by atoms with Crippen LogP contribution in [0.3, 0.4) is 0 Å². The van der Waals surface area contributed by atoms with Gasteiger partial charge in [-0.25, -0.2) is 9.37 Å². The van der Waals surface area contributed by atoms with E-state index in [1.54, 1.807) is 42.5 Å². The molecule has 2 aromatic carbocycles. The van der Waals surface area contributed by atoms with Crippen LogP contribution in [-0.2, 0) is 4.79 Å². The monoisotopic (exact) mass is 411 g/mol. The molecule has 0 spiro atoms. The summed E-state index contributed by atoms with van der Waals surface area (Å²) in [6, 6.07) is 13.1. The number of carbonyl (C=O) groups is 1. The van der Waals surface area contributed by atoms with Crippen molar-refractivity contribution in [3.8, 4) is 5.69 Å². The summed E-state index contributed by atoms with van der Waals surface area (Å²) in [6.45, 7) is 3.33. The summed E-state index contributed by atoms with van der Waals surface area (Å²) < 4.78 is 15.8. The third kappa shape index (κ3) is 3.92. The van der Waals surface area contributed by atoms with E-state index in [1.807, 2.05) is 11.8 Å². The molecule has 0 aliphatic carbocycles. The summed E-state index contributed by atoms with van der Waals surface area (Å²) in [5.74, 6) is -0.485. The maximum absolute atomic E-state index is 14.6. The van der Waals surface area contributed by atoms with Crippen molar-refractivity contribution < 1.29 is 9.18 Å². The highest BCUT2D eigenvalue weighted by Crippen LogP contribution is 2.27. The molecular weight excluding hydrogens is 389 g/mol. The van der Waals surface area contributed by atoms with Crippen LogP contribution in [0.15, 0.2) is 58.5 Å². The van der Waals surface area contributed by atoms with E-state index in [4.69, 9.17) is 0 Å². The first-order chi connectivity index (χ1) is 14.1. The van der Waals surface area contributed by atoms with Gasteiger partial charge in [-0.3, -0.25) is 14.2 Å². The summed E-state index contributed by atoms with van der Waals surface area (Å²) in [5, 5.41) is 0.297. The second kappa shape index (κ2) is 8.37. The van der Waals surface area contributed by atoms with Crippen molar-refractivity contribution in [2.75, 3.05) is 13.1 Å². The first-order valence-corrected chi connectivity index (χ1v) is 10.7. The minimum absolute atomic E-state index is 0.0252. The van der Waals surface area contributed by atoms with Gasteiger partial charge in [0, 0.05) is 13.1 Å². The predicted octanol–water partition coefficient (Wildman–Crippen LogP) is 4.02. The number of aromatic nitrogens is 2. The lowest BCUT2D eigenvalue weighted by atomic mass is 10.1. The Bertz CT molecular complexity index is 1110. The van der Waals surface area contributed by atoms with E-state index in [-0.39, 0.29) is 17.2 Å². The van der Waals surface area contributed by atoms with E-state index in [2.05, 4.69) is 4.98 Å². The maximum atomic E-state index is 14.6. The Hall–Kier alpha value is -2.67. The Kier molecular flexibility index (Phi) is 5.67. The fourth-order valence-electron chi connectivity index (χ4n) is 3.62. The van der Waals surface area contributed by atoms with Crippen molar-refractivity contribution in [2.45, 2.75) is 36.6 Å². The second-order valence-corrected chi connectivity index (χ2v) is 8.46. The van der Waals surface area contributed by atoms with Gasteiger partial charge < -0.3 is 4.90 Å². The third-order valence-corrected chi connectivity index (χ3v) is 6.18. The van der Waals surface area contributed by atoms with E-state index in [9.17, 15) is 14.0 Å². The average Bonchev–Trinajstić information content (AvgIpc) is 2.75. The van der Waals surface area contributed by atoms with Crippen LogP contribution in [0, 0.1) is 5.82 Å². The molecule has 5 nitrogen and oxygen atoms in total. The Morgan fingerprint density at radius 2 is 1.76 bits per heavy atom. The van der Waals surface area contributed by atoms with E-state index < -0.39 is 11.1 Å². The molecule has 2 heterocycles. The molecule has 150 valence electrons. The van der Waals surface area contributed by atoms with Crippen molar-refractivity contribution in [3.63, 3.8) is 0 Å². The number of amides is 1. The summed E-state index contributed by atoms with van der Waals surface area (Å²) in [7, 11) is 0. The number of halogens is 1. The van der Waals surface area contributed by atoms with E-state index in [0.29, 0.717) is 16.1 Å². The van der Waals surface area contributed by atoms with Gasteiger partial charge in [0.25, 0.3) is 5.56 Å². The summed E-state index contributed by atoms with van der Waals surface area (Å²) in [5.41, 5.74) is 0.321. The summed E-state index contributed by atoms with van der Waals surface area (Å²) >= 11 is 1.20. The van der Waals surface area contributed by atoms with Gasteiger partial charge in [-0.2, -0.15) is 0 Å². The van der Waals surface area contributed by atoms with E-state index in [0.717, 1.165) is 32.4 Å². The van der Waals surface area contributed by atoms with Gasteiger partial charge in [0.1, 0.15) is 5.82 Å². The Morgan fingerprint density at radius 3 is 2.52 bits per heavy atom. The first kappa shape index (κ1) is 19.6. The van der Waals surface area contributed by atoms with Gasteiger partial charge in [0.15, 0.2) is 5.16 Å². The first-order valence-electron chi connectivity index (χ1n) is 9.78. The molecule has 29 heavy (non-hydrogen) atoms. The molecule has 0 unspecified atom stereocenters. The maximum Gasteiger partial charge on any atom is 0.266 e. The number of para-hydroxylation sites is 2. The number of hydrogen-bond donors (Lipinski definition) is 0. The van der Waals surface area contributed by atoms with Gasteiger partial charge in [0.2, 0.25) is 5.91 Å². The van der Waals surface area contributed by atoms with Crippen LogP contribution in [0.5, 0.6) is 0 Å². The molecule has 0 saturated carbocycles. The van der Waals surface area contributed by atoms with Crippen molar-refractivity contribution >= 4 is 28.6 Å². The molecule has 4 rings (SSSR count). The highest BCUT2D eigenvalue weighted by molar-refractivity contribution is 8.00. The van der Waals surface area contributed by atoms with Crippen LogP contribution in [0.2, 0.25) is 0 Å². The number of piperidine rings is 1. The number of fused-ring (bicyclic) bond motifs is 1. The predicted molar refractivity (Wildman–Crippen MR) is 113 cm³/mol. The van der Waals surface area contributed by atoms with Crippen molar-refractivity contribution in [3.05, 3.63) is 64.7 Å². The molecule has 1 fully saturated rings. The molecule has 1 aromatic heterocycles. The number of nitrogens with zero attached hydrogens (tertiary/aromatic N) is 3. The zero-order valence-electron chi connectivity index (χ0n) is 16.2. The Balaban J connectivity index is 1.78. The van der Waals surface area contributed by atoms with Crippen LogP contribution in [0.25, 0.3) is 16.6 Å². The van der Waals surface area contributed by atoms with Gasteiger partial charge in [-0.15, -0.1) is 0 Å². The lowest BCUT2D eigenvalue weighted by Crippen LogP contribution is -2.40. The number of rotatable bonds is 4. The minimum atomic E-state index is -0.511. The van der Waals surface area contributed by atoms with Gasteiger partial charge in [0.05, 0.1) is 21.8 Å². The lowest BCUT2D eigenvalue weighted by molar-refractivity contribution is -0.131. The smallest absolute Gasteiger partial charge is 0.266 e. The normalized spacial score (nSPS) is 15.4. The van der Waals surface area contributed by atoms with Crippen LogP contribution >= 0.6 is 11.8 Å². The molecule has 1 saturated heterocycles. The Morgan fingerprint density at radius 1 is 1.07 bits per heavy atom. The SMILES string of the molecule is C[C@@H](Sc1nc2ccccc2c(=O)n1-c1ccccc1F)C(=O)N1CCCCC1. The molecule has 0 radical (unpaired) electrons. The Labute approximate surface area is 172 Å². The number of benzene rings is 2. The fourth-order valence-corrected chi connectivity index (χ4v) is 4.62. The third-order valence-electron chi connectivity index (χ3n) is 5.14. The van der Waals surface area contributed by atoms with Crippen molar-refractivity contribution in [2.24, 2.45) is 0 Å². The molecule has 7 heteroatoms. The largest absolute Gasteiger partial charge is 0.342 e. The molecular formula is C22H22FN3O2S. The molecule has 0 bridgehead atoms. The molecule has 1 aliphatic heterocycles. The topological polar surface area (TPSA) is 55.2 Å². The molecule has 1 amide bonds. The van der Waals surface area contributed by atoms with Crippen molar-refractivity contribution in [1.82, 2.24) is 14.5 Å². The van der Waals surface area contributed by atoms with Gasteiger partial charge in [-0.1, -0.05) is 36.0 Å². The van der Waals surface area contributed by atoms with Crippen LogP contribution in [-0.4, -0.2) is 38.7 Å². The average molecular weight is 412 g/mol. The molecule has 3 aromatic rings.